The Morgan fingerprint density at radius 3 is 2.76 bits per heavy atom. The summed E-state index contributed by atoms with van der Waals surface area (Å²) < 4.78 is 21.3. The molecule has 0 bridgehead atoms. The van der Waals surface area contributed by atoms with Crippen LogP contribution in [0.25, 0.3) is 10.2 Å². The maximum absolute atomic E-state index is 14.4. The molecule has 0 radical (unpaired) electrons. The molecular formula is C37H37ClFN5O5S. The maximum Gasteiger partial charge on any atom is 0.278 e. The van der Waals surface area contributed by atoms with Gasteiger partial charge in [0.25, 0.3) is 11.1 Å². The molecule has 4 aromatic rings. The van der Waals surface area contributed by atoms with Gasteiger partial charge in [0, 0.05) is 23.0 Å². The Bertz CT molecular complexity index is 1910. The summed E-state index contributed by atoms with van der Waals surface area (Å²) in [5, 5.41) is 7.24. The third-order valence-corrected chi connectivity index (χ3v) is 10.6. The van der Waals surface area contributed by atoms with Gasteiger partial charge in [-0.3, -0.25) is 14.4 Å². The minimum Gasteiger partial charge on any atom is -0.465 e. The van der Waals surface area contributed by atoms with Gasteiger partial charge in [-0.2, -0.15) is 5.48 Å². The number of rotatable bonds is 7. The molecule has 260 valence electrons. The molecule has 50 heavy (non-hydrogen) atoms. The van der Waals surface area contributed by atoms with E-state index in [1.54, 1.807) is 42.5 Å². The lowest BCUT2D eigenvalue weighted by atomic mass is 10.0. The lowest BCUT2D eigenvalue weighted by molar-refractivity contribution is -0.141. The van der Waals surface area contributed by atoms with Crippen LogP contribution in [0.3, 0.4) is 0 Å². The lowest BCUT2D eigenvalue weighted by Gasteiger charge is -2.30. The average molecular weight is 718 g/mol. The molecule has 1 aliphatic carbocycles. The van der Waals surface area contributed by atoms with Gasteiger partial charge in [-0.05, 0) is 74.2 Å². The molecule has 1 saturated heterocycles. The van der Waals surface area contributed by atoms with E-state index in [-0.39, 0.29) is 24.8 Å². The van der Waals surface area contributed by atoms with E-state index >= 15 is 0 Å². The van der Waals surface area contributed by atoms with Crippen LogP contribution in [0, 0.1) is 11.7 Å². The molecule has 1 saturated carbocycles. The van der Waals surface area contributed by atoms with E-state index in [4.69, 9.17) is 21.2 Å². The number of para-hydroxylation sites is 1. The highest BCUT2D eigenvalue weighted by Crippen LogP contribution is 2.45. The number of thiazole rings is 1. The zero-order valence-electron chi connectivity index (χ0n) is 27.1. The smallest absolute Gasteiger partial charge is 0.278 e. The molecule has 1 aromatic heterocycles. The van der Waals surface area contributed by atoms with Crippen LogP contribution >= 0.6 is 22.9 Å². The molecule has 13 heteroatoms. The zero-order valence-corrected chi connectivity index (χ0v) is 28.7. The Kier molecular flexibility index (Phi) is 9.91. The number of amides is 3. The number of halogens is 2. The second-order valence-corrected chi connectivity index (χ2v) is 14.4. The number of fused-ring (bicyclic) bond motifs is 3. The number of nitrogens with zero attached hydrogens (tertiary/aromatic N) is 2. The highest BCUT2D eigenvalue weighted by molar-refractivity contribution is 7.20. The summed E-state index contributed by atoms with van der Waals surface area (Å²) in [4.78, 5) is 54.1. The third kappa shape index (κ3) is 7.56. The first-order valence-electron chi connectivity index (χ1n) is 16.8. The summed E-state index contributed by atoms with van der Waals surface area (Å²) in [5.41, 5.74) is 2.49. The van der Waals surface area contributed by atoms with Crippen LogP contribution in [0.5, 0.6) is 10.9 Å². The monoisotopic (exact) mass is 717 g/mol. The van der Waals surface area contributed by atoms with Gasteiger partial charge in [0.2, 0.25) is 11.8 Å². The molecule has 7 rings (SSSR count). The second kappa shape index (κ2) is 14.7. The Morgan fingerprint density at radius 1 is 1.06 bits per heavy atom. The van der Waals surface area contributed by atoms with Crippen molar-refractivity contribution in [3.05, 3.63) is 95.8 Å². The number of hydrogen-bond donors (Lipinski definition) is 3. The predicted molar refractivity (Wildman–Crippen MR) is 189 cm³/mol. The van der Waals surface area contributed by atoms with Gasteiger partial charge in [-0.15, -0.1) is 0 Å². The third-order valence-electron chi connectivity index (χ3n) is 9.41. The zero-order chi connectivity index (χ0) is 34.7. The van der Waals surface area contributed by atoms with E-state index in [0.717, 1.165) is 35.9 Å². The van der Waals surface area contributed by atoms with Gasteiger partial charge in [-0.1, -0.05) is 72.2 Å². The highest BCUT2D eigenvalue weighted by atomic mass is 35.5. The summed E-state index contributed by atoms with van der Waals surface area (Å²) in [6.45, 7) is 0.120. The van der Waals surface area contributed by atoms with Crippen molar-refractivity contribution < 1.29 is 28.3 Å². The minimum atomic E-state index is -1.25. The molecule has 3 amide bonds. The van der Waals surface area contributed by atoms with Crippen LogP contribution in [0.4, 0.5) is 10.1 Å². The second-order valence-electron chi connectivity index (χ2n) is 13.0. The Morgan fingerprint density at radius 2 is 1.92 bits per heavy atom. The van der Waals surface area contributed by atoms with Crippen LogP contribution in [0.15, 0.2) is 84.9 Å². The van der Waals surface area contributed by atoms with Crippen molar-refractivity contribution in [3.8, 4) is 10.9 Å². The molecule has 3 aromatic carbocycles. The maximum atomic E-state index is 14.4. The fourth-order valence-electron chi connectivity index (χ4n) is 6.70. The number of hydroxylamine groups is 1. The molecular weight excluding hydrogens is 681 g/mol. The molecule has 10 nitrogen and oxygen atoms in total. The van der Waals surface area contributed by atoms with Crippen LogP contribution < -0.4 is 25.7 Å². The number of allylic oxidation sites excluding steroid dienone is 1. The fourth-order valence-corrected chi connectivity index (χ4v) is 7.86. The number of hydrogen-bond acceptors (Lipinski definition) is 8. The Hall–Kier alpha value is -4.68. The van der Waals surface area contributed by atoms with Crippen molar-refractivity contribution in [3.63, 3.8) is 0 Å². The predicted octanol–water partition coefficient (Wildman–Crippen LogP) is 6.42. The van der Waals surface area contributed by atoms with Gasteiger partial charge in [0.15, 0.2) is 5.75 Å². The SMILES string of the molecule is O=C1N[C@]2(C(=O)NOc3ccccc3)C[C@@H]2/C=C\CCCCC[C@H](Nc2cccc(F)c2)C(=O)N2C[C@H](Oc3nc4ccc(Cl)cc4s3)C[C@@H]12. The van der Waals surface area contributed by atoms with E-state index in [2.05, 4.69) is 21.1 Å². The van der Waals surface area contributed by atoms with Crippen molar-refractivity contribution in [1.82, 2.24) is 20.7 Å². The topological polar surface area (TPSA) is 122 Å². The average Bonchev–Trinajstić information content (AvgIpc) is 3.40. The summed E-state index contributed by atoms with van der Waals surface area (Å²) in [5.74, 6) is -1.46. The van der Waals surface area contributed by atoms with Crippen molar-refractivity contribution in [2.75, 3.05) is 11.9 Å². The molecule has 5 atom stereocenters. The molecule has 2 aliphatic heterocycles. The van der Waals surface area contributed by atoms with E-state index in [9.17, 15) is 18.8 Å². The van der Waals surface area contributed by atoms with Gasteiger partial charge >= 0.3 is 0 Å². The van der Waals surface area contributed by atoms with Gasteiger partial charge in [-0.25, -0.2) is 9.37 Å². The first kappa shape index (κ1) is 33.8. The standard InChI is InChI=1S/C37H37ClFN5O5S/c38-24-16-17-29-32(18-24)50-36(41-29)48-28-20-31-33(45)42-37(35(47)43-49-27-13-6-4-7-14-27)21-23(37)10-5-2-1-3-8-15-30(34(46)44(31)22-28)40-26-12-9-11-25(39)19-26/h4-7,9-14,16-19,23,28,30-31,40H,1-3,8,15,20-22H2,(H,42,45)(H,43,47)/b10-5-/t23-,28+,30-,31-,37+/m0/s1. The van der Waals surface area contributed by atoms with Gasteiger partial charge < -0.3 is 25.1 Å². The number of benzene rings is 3. The molecule has 0 spiro atoms. The molecule has 3 heterocycles. The molecule has 3 N–H and O–H groups in total. The van der Waals surface area contributed by atoms with Crippen molar-refractivity contribution in [2.45, 2.75) is 68.7 Å². The van der Waals surface area contributed by atoms with E-state index < -0.39 is 41.4 Å². The number of ether oxygens (including phenoxy) is 1. The Labute approximate surface area is 297 Å². The number of carbonyl (C=O) groups excluding carboxylic acids is 3. The highest BCUT2D eigenvalue weighted by Gasteiger charge is 2.61. The summed E-state index contributed by atoms with van der Waals surface area (Å²) in [6, 6.07) is 18.6. The van der Waals surface area contributed by atoms with Crippen molar-refractivity contribution >= 4 is 56.6 Å². The lowest BCUT2D eigenvalue weighted by Crippen LogP contribution is -2.57. The first-order chi connectivity index (χ1) is 24.3. The van der Waals surface area contributed by atoms with E-state index in [0.29, 0.717) is 34.5 Å². The van der Waals surface area contributed by atoms with Crippen LogP contribution in [-0.2, 0) is 14.4 Å². The van der Waals surface area contributed by atoms with E-state index in [1.807, 2.05) is 30.4 Å². The van der Waals surface area contributed by atoms with Crippen LogP contribution in [0.2, 0.25) is 5.02 Å². The fraction of sp³-hybridized carbons (Fsp3) is 0.351. The Balaban J connectivity index is 1.16. The largest absolute Gasteiger partial charge is 0.465 e. The summed E-state index contributed by atoms with van der Waals surface area (Å²) >= 11 is 7.52. The molecule has 3 aliphatic rings. The number of anilines is 1. The van der Waals surface area contributed by atoms with Crippen LogP contribution in [0.1, 0.15) is 44.9 Å². The normalized spacial score (nSPS) is 26.1. The van der Waals surface area contributed by atoms with Gasteiger partial charge in [0.1, 0.15) is 29.5 Å². The quantitative estimate of drug-likeness (QED) is 0.149. The summed E-state index contributed by atoms with van der Waals surface area (Å²) in [6.07, 6.45) is 7.84. The van der Waals surface area contributed by atoms with Crippen LogP contribution in [-0.4, -0.2) is 57.9 Å². The van der Waals surface area contributed by atoms with Crippen molar-refractivity contribution in [1.29, 1.82) is 0 Å². The molecule has 2 fully saturated rings. The molecule has 0 unspecified atom stereocenters. The van der Waals surface area contributed by atoms with Gasteiger partial charge in [0.05, 0.1) is 16.8 Å². The number of nitrogens with one attached hydrogen (secondary N) is 3. The first-order valence-corrected chi connectivity index (χ1v) is 18.0. The van der Waals surface area contributed by atoms with Crippen molar-refractivity contribution in [2.24, 2.45) is 5.92 Å². The number of aromatic nitrogens is 1. The number of carbonyl (C=O) groups is 3. The van der Waals surface area contributed by atoms with E-state index in [1.165, 1.54) is 28.4 Å². The summed E-state index contributed by atoms with van der Waals surface area (Å²) in [7, 11) is 0. The minimum absolute atomic E-state index is 0.120.